The van der Waals surface area contributed by atoms with Crippen LogP contribution in [-0.2, 0) is 16.4 Å². The van der Waals surface area contributed by atoms with Gasteiger partial charge in [0.15, 0.2) is 0 Å². The minimum Gasteiger partial charge on any atom is -0.330 e. The van der Waals surface area contributed by atoms with Crippen molar-refractivity contribution in [3.05, 3.63) is 47.3 Å². The maximum Gasteiger partial charge on any atom is 0.271 e. The number of para-hydroxylation sites is 1. The second-order valence-corrected chi connectivity index (χ2v) is 6.81. The zero-order chi connectivity index (χ0) is 13.0. The fraction of sp³-hybridized carbons (Fsp3) is 0.167. The summed E-state index contributed by atoms with van der Waals surface area (Å²) in [6.07, 6.45) is 0.700. The summed E-state index contributed by atoms with van der Waals surface area (Å²) in [5, 5.41) is 0. The molecule has 0 unspecified atom stereocenters. The molecule has 18 heavy (non-hydrogen) atoms. The first-order chi connectivity index (χ1) is 8.62. The molecule has 1 aromatic carbocycles. The molecule has 0 radical (unpaired) electrons. The number of sulfonamides is 1. The van der Waals surface area contributed by atoms with Crippen molar-refractivity contribution < 1.29 is 8.42 Å². The van der Waals surface area contributed by atoms with E-state index < -0.39 is 10.0 Å². The van der Waals surface area contributed by atoms with Crippen LogP contribution in [0.1, 0.15) is 4.88 Å². The summed E-state index contributed by atoms with van der Waals surface area (Å²) in [4.78, 5) is 0.978. The zero-order valence-corrected chi connectivity index (χ0v) is 11.3. The molecule has 2 aromatic rings. The lowest BCUT2D eigenvalue weighted by Crippen LogP contribution is -2.11. The number of anilines is 1. The van der Waals surface area contributed by atoms with Gasteiger partial charge in [-0.05, 0) is 37.2 Å². The van der Waals surface area contributed by atoms with Crippen molar-refractivity contribution in [3.8, 4) is 0 Å². The number of nitrogens with one attached hydrogen (secondary N) is 1. The van der Waals surface area contributed by atoms with E-state index in [0.29, 0.717) is 22.9 Å². The summed E-state index contributed by atoms with van der Waals surface area (Å²) in [5.41, 5.74) is 6.01. The third-order valence-electron chi connectivity index (χ3n) is 2.32. The molecule has 6 heteroatoms. The van der Waals surface area contributed by atoms with Crippen LogP contribution >= 0.6 is 11.3 Å². The van der Waals surface area contributed by atoms with Gasteiger partial charge in [-0.25, -0.2) is 8.42 Å². The molecule has 4 nitrogen and oxygen atoms in total. The van der Waals surface area contributed by atoms with Crippen LogP contribution < -0.4 is 10.5 Å². The molecular weight excluding hydrogens is 268 g/mol. The summed E-state index contributed by atoms with van der Waals surface area (Å²) >= 11 is 1.25. The molecule has 3 N–H and O–H groups in total. The van der Waals surface area contributed by atoms with Gasteiger partial charge in [0.05, 0.1) is 0 Å². The highest BCUT2D eigenvalue weighted by Crippen LogP contribution is 2.24. The SMILES string of the molecule is NCCc1ccc(S(=O)(=O)Nc2ccccc2)s1. The van der Waals surface area contributed by atoms with Gasteiger partial charge in [-0.3, -0.25) is 4.72 Å². The van der Waals surface area contributed by atoms with Crippen molar-refractivity contribution >= 4 is 27.0 Å². The van der Waals surface area contributed by atoms with Crippen molar-refractivity contribution in [2.45, 2.75) is 10.6 Å². The number of nitrogens with two attached hydrogens (primary N) is 1. The fourth-order valence-corrected chi connectivity index (χ4v) is 3.92. The minimum absolute atomic E-state index is 0.315. The molecule has 0 fully saturated rings. The normalized spacial score (nSPS) is 11.4. The van der Waals surface area contributed by atoms with Gasteiger partial charge in [-0.2, -0.15) is 0 Å². The Morgan fingerprint density at radius 2 is 1.83 bits per heavy atom. The Morgan fingerprint density at radius 3 is 2.50 bits per heavy atom. The van der Waals surface area contributed by atoms with E-state index in [4.69, 9.17) is 5.73 Å². The Kier molecular flexibility index (Phi) is 4.00. The number of hydrogen-bond acceptors (Lipinski definition) is 4. The van der Waals surface area contributed by atoms with Crippen LogP contribution in [0.4, 0.5) is 5.69 Å². The highest BCUT2D eigenvalue weighted by molar-refractivity contribution is 7.94. The van der Waals surface area contributed by atoms with Crippen molar-refractivity contribution in [1.82, 2.24) is 0 Å². The highest BCUT2D eigenvalue weighted by Gasteiger charge is 2.16. The van der Waals surface area contributed by atoms with Gasteiger partial charge in [0.1, 0.15) is 4.21 Å². The molecule has 0 aliphatic heterocycles. The van der Waals surface area contributed by atoms with E-state index in [1.54, 1.807) is 36.4 Å². The molecule has 0 amide bonds. The van der Waals surface area contributed by atoms with Gasteiger partial charge in [-0.1, -0.05) is 18.2 Å². The number of benzene rings is 1. The Morgan fingerprint density at radius 1 is 1.11 bits per heavy atom. The summed E-state index contributed by atoms with van der Waals surface area (Å²) in [6, 6.07) is 12.2. The van der Waals surface area contributed by atoms with E-state index in [1.807, 2.05) is 6.07 Å². The van der Waals surface area contributed by atoms with E-state index in [9.17, 15) is 8.42 Å². The third kappa shape index (κ3) is 3.10. The van der Waals surface area contributed by atoms with Crippen LogP contribution in [0.5, 0.6) is 0 Å². The van der Waals surface area contributed by atoms with Crippen LogP contribution in [0.25, 0.3) is 0 Å². The second-order valence-electron chi connectivity index (χ2n) is 3.73. The van der Waals surface area contributed by atoms with Gasteiger partial charge >= 0.3 is 0 Å². The van der Waals surface area contributed by atoms with Crippen molar-refractivity contribution in [1.29, 1.82) is 0 Å². The molecule has 96 valence electrons. The van der Waals surface area contributed by atoms with Crippen LogP contribution in [-0.4, -0.2) is 15.0 Å². The maximum atomic E-state index is 12.1. The molecule has 0 atom stereocenters. The quantitative estimate of drug-likeness (QED) is 0.881. The number of thiophene rings is 1. The topological polar surface area (TPSA) is 72.2 Å². The van der Waals surface area contributed by atoms with Gasteiger partial charge in [0, 0.05) is 10.6 Å². The van der Waals surface area contributed by atoms with Crippen LogP contribution in [0.3, 0.4) is 0 Å². The molecule has 1 heterocycles. The second kappa shape index (κ2) is 5.51. The predicted molar refractivity (Wildman–Crippen MR) is 74.3 cm³/mol. The van der Waals surface area contributed by atoms with Crippen molar-refractivity contribution in [2.24, 2.45) is 5.73 Å². The Balaban J connectivity index is 2.20. The maximum absolute atomic E-state index is 12.1. The summed E-state index contributed by atoms with van der Waals surface area (Å²) in [5.74, 6) is 0. The van der Waals surface area contributed by atoms with Gasteiger partial charge in [-0.15, -0.1) is 11.3 Å². The van der Waals surface area contributed by atoms with Gasteiger partial charge < -0.3 is 5.73 Å². The van der Waals surface area contributed by atoms with E-state index in [-0.39, 0.29) is 0 Å². The lowest BCUT2D eigenvalue weighted by molar-refractivity contribution is 0.603. The predicted octanol–water partition coefficient (Wildman–Crippen LogP) is 2.05. The Bertz CT molecular complexity index is 606. The molecule has 0 saturated carbocycles. The molecule has 0 spiro atoms. The average molecular weight is 282 g/mol. The average Bonchev–Trinajstić information content (AvgIpc) is 2.80. The molecule has 0 bridgehead atoms. The van der Waals surface area contributed by atoms with Crippen LogP contribution in [0, 0.1) is 0 Å². The standard InChI is InChI=1S/C12H14N2O2S2/c13-9-8-11-6-7-12(17-11)18(15,16)14-10-4-2-1-3-5-10/h1-7,14H,8-9,13H2. The first kappa shape index (κ1) is 13.1. The molecule has 0 saturated heterocycles. The van der Waals surface area contributed by atoms with E-state index in [1.165, 1.54) is 11.3 Å². The molecule has 1 aromatic heterocycles. The minimum atomic E-state index is -3.48. The van der Waals surface area contributed by atoms with E-state index >= 15 is 0 Å². The van der Waals surface area contributed by atoms with Gasteiger partial charge in [0.2, 0.25) is 0 Å². The fourth-order valence-electron chi connectivity index (χ4n) is 1.49. The number of rotatable bonds is 5. The summed E-state index contributed by atoms with van der Waals surface area (Å²) in [6.45, 7) is 0.520. The lowest BCUT2D eigenvalue weighted by atomic mass is 10.3. The molecular formula is C12H14N2O2S2. The monoisotopic (exact) mass is 282 g/mol. The van der Waals surface area contributed by atoms with Gasteiger partial charge in [0.25, 0.3) is 10.0 Å². The van der Waals surface area contributed by atoms with Crippen molar-refractivity contribution in [3.63, 3.8) is 0 Å². The smallest absolute Gasteiger partial charge is 0.271 e. The van der Waals surface area contributed by atoms with Crippen molar-refractivity contribution in [2.75, 3.05) is 11.3 Å². The third-order valence-corrected chi connectivity index (χ3v) is 5.34. The molecule has 0 aliphatic rings. The first-order valence-electron chi connectivity index (χ1n) is 5.48. The first-order valence-corrected chi connectivity index (χ1v) is 7.78. The zero-order valence-electron chi connectivity index (χ0n) is 9.67. The van der Waals surface area contributed by atoms with E-state index in [2.05, 4.69) is 4.72 Å². The Hall–Kier alpha value is -1.37. The Labute approximate surface area is 111 Å². The summed E-state index contributed by atoms with van der Waals surface area (Å²) < 4.78 is 27.0. The van der Waals surface area contributed by atoms with E-state index in [0.717, 1.165) is 4.88 Å². The van der Waals surface area contributed by atoms with Crippen LogP contribution in [0.15, 0.2) is 46.7 Å². The van der Waals surface area contributed by atoms with Crippen LogP contribution in [0.2, 0.25) is 0 Å². The molecule has 0 aliphatic carbocycles. The molecule has 2 rings (SSSR count). The summed E-state index contributed by atoms with van der Waals surface area (Å²) in [7, 11) is -3.48. The highest BCUT2D eigenvalue weighted by atomic mass is 32.2. The lowest BCUT2D eigenvalue weighted by Gasteiger charge is -2.05. The largest absolute Gasteiger partial charge is 0.330 e. The number of hydrogen-bond donors (Lipinski definition) is 2.